The molecule has 0 aromatic heterocycles. The SMILES string of the molecule is O=C(O)N1C2CC3CC1CC(OCC1CC1)(C3)C2. The fourth-order valence-electron chi connectivity index (χ4n) is 4.62. The van der Waals surface area contributed by atoms with E-state index in [0.29, 0.717) is 5.92 Å². The normalized spacial score (nSPS) is 45.6. The van der Waals surface area contributed by atoms with Crippen LogP contribution >= 0.6 is 0 Å². The van der Waals surface area contributed by atoms with E-state index >= 15 is 0 Å². The van der Waals surface area contributed by atoms with Crippen molar-refractivity contribution in [2.75, 3.05) is 6.61 Å². The summed E-state index contributed by atoms with van der Waals surface area (Å²) in [6.07, 6.45) is 7.13. The summed E-state index contributed by atoms with van der Waals surface area (Å²) in [5.41, 5.74) is 0.0328. The van der Waals surface area contributed by atoms with E-state index < -0.39 is 6.09 Å². The van der Waals surface area contributed by atoms with Crippen molar-refractivity contribution in [3.63, 3.8) is 0 Å². The molecule has 18 heavy (non-hydrogen) atoms. The molecule has 0 spiro atoms. The lowest BCUT2D eigenvalue weighted by atomic mass is 9.61. The van der Waals surface area contributed by atoms with Gasteiger partial charge in [-0.3, -0.25) is 0 Å². The van der Waals surface area contributed by atoms with Gasteiger partial charge in [-0.2, -0.15) is 0 Å². The van der Waals surface area contributed by atoms with E-state index in [1.54, 1.807) is 4.90 Å². The number of rotatable bonds is 3. The number of hydrogen-bond donors (Lipinski definition) is 1. The summed E-state index contributed by atoms with van der Waals surface area (Å²) in [5.74, 6) is 1.51. The highest BCUT2D eigenvalue weighted by atomic mass is 16.5. The lowest BCUT2D eigenvalue weighted by molar-refractivity contribution is -0.178. The molecule has 2 saturated heterocycles. The third kappa shape index (κ3) is 1.65. The zero-order chi connectivity index (χ0) is 12.3. The summed E-state index contributed by atoms with van der Waals surface area (Å²) in [6, 6.07) is 0.459. The highest BCUT2D eigenvalue weighted by Gasteiger charge is 2.56. The molecule has 2 unspecified atom stereocenters. The molecule has 1 N–H and O–H groups in total. The molecule has 3 saturated carbocycles. The molecular formula is C14H21NO3. The van der Waals surface area contributed by atoms with Crippen molar-refractivity contribution in [3.05, 3.63) is 0 Å². The molecule has 2 atom stereocenters. The van der Waals surface area contributed by atoms with Crippen LogP contribution in [0.2, 0.25) is 0 Å². The van der Waals surface area contributed by atoms with Crippen LogP contribution in [-0.2, 0) is 4.74 Å². The van der Waals surface area contributed by atoms with Crippen LogP contribution in [-0.4, -0.2) is 40.4 Å². The predicted octanol–water partition coefficient (Wildman–Crippen LogP) is 2.48. The van der Waals surface area contributed by atoms with Crippen molar-refractivity contribution < 1.29 is 14.6 Å². The minimum Gasteiger partial charge on any atom is -0.465 e. The maximum absolute atomic E-state index is 11.4. The first-order chi connectivity index (χ1) is 8.65. The van der Waals surface area contributed by atoms with Crippen LogP contribution in [0.5, 0.6) is 0 Å². The Bertz CT molecular complexity index is 363. The minimum atomic E-state index is -0.721. The first-order valence-corrected chi connectivity index (χ1v) is 7.30. The maximum Gasteiger partial charge on any atom is 0.407 e. The second-order valence-corrected chi connectivity index (χ2v) is 6.88. The van der Waals surface area contributed by atoms with E-state index in [9.17, 15) is 9.90 Å². The molecule has 4 heteroatoms. The van der Waals surface area contributed by atoms with Crippen LogP contribution in [0.1, 0.15) is 44.9 Å². The number of hydrogen-bond acceptors (Lipinski definition) is 2. The van der Waals surface area contributed by atoms with Gasteiger partial charge in [0.2, 0.25) is 0 Å². The molecule has 0 aromatic carbocycles. The number of nitrogens with zero attached hydrogens (tertiary/aromatic N) is 1. The molecule has 4 bridgehead atoms. The Hall–Kier alpha value is -0.770. The molecule has 4 nitrogen and oxygen atoms in total. The van der Waals surface area contributed by atoms with Crippen LogP contribution in [0, 0.1) is 11.8 Å². The molecule has 2 aliphatic heterocycles. The molecule has 0 aromatic rings. The Morgan fingerprint density at radius 2 is 1.89 bits per heavy atom. The smallest absolute Gasteiger partial charge is 0.407 e. The van der Waals surface area contributed by atoms with Gasteiger partial charge < -0.3 is 14.7 Å². The average molecular weight is 251 g/mol. The van der Waals surface area contributed by atoms with Gasteiger partial charge in [0.05, 0.1) is 12.2 Å². The molecule has 5 fully saturated rings. The second-order valence-electron chi connectivity index (χ2n) is 6.88. The molecule has 2 heterocycles. The molecule has 100 valence electrons. The van der Waals surface area contributed by atoms with Gasteiger partial charge in [-0.25, -0.2) is 4.79 Å². The molecule has 5 rings (SSSR count). The van der Waals surface area contributed by atoms with Crippen molar-refractivity contribution in [1.29, 1.82) is 0 Å². The molecule has 5 aliphatic rings. The third-order valence-electron chi connectivity index (χ3n) is 5.42. The monoisotopic (exact) mass is 251 g/mol. The summed E-state index contributed by atoms with van der Waals surface area (Å²) in [5, 5.41) is 9.34. The summed E-state index contributed by atoms with van der Waals surface area (Å²) in [6.45, 7) is 0.916. The van der Waals surface area contributed by atoms with Gasteiger partial charge in [-0.1, -0.05) is 0 Å². The average Bonchev–Trinajstić information content (AvgIpc) is 3.08. The maximum atomic E-state index is 11.4. The van der Waals surface area contributed by atoms with Gasteiger partial charge in [-0.15, -0.1) is 0 Å². The number of amides is 1. The third-order valence-corrected chi connectivity index (χ3v) is 5.42. The molecular weight excluding hydrogens is 230 g/mol. The van der Waals surface area contributed by atoms with E-state index in [-0.39, 0.29) is 17.7 Å². The Kier molecular flexibility index (Phi) is 2.23. The molecule has 0 radical (unpaired) electrons. The number of carboxylic acid groups (broad SMARTS) is 1. The Labute approximate surface area is 107 Å². The highest BCUT2D eigenvalue weighted by Crippen LogP contribution is 2.53. The Morgan fingerprint density at radius 3 is 2.44 bits per heavy atom. The van der Waals surface area contributed by atoms with E-state index in [4.69, 9.17) is 4.74 Å². The van der Waals surface area contributed by atoms with Crippen molar-refractivity contribution >= 4 is 6.09 Å². The molecule has 1 amide bonds. The van der Waals surface area contributed by atoms with Crippen LogP contribution < -0.4 is 0 Å². The lowest BCUT2D eigenvalue weighted by Crippen LogP contribution is -2.66. The van der Waals surface area contributed by atoms with Crippen molar-refractivity contribution in [2.24, 2.45) is 11.8 Å². The highest BCUT2D eigenvalue weighted by molar-refractivity contribution is 5.66. The van der Waals surface area contributed by atoms with Crippen LogP contribution in [0.15, 0.2) is 0 Å². The van der Waals surface area contributed by atoms with Crippen molar-refractivity contribution in [3.8, 4) is 0 Å². The number of piperidine rings is 2. The van der Waals surface area contributed by atoms with Crippen LogP contribution in [0.25, 0.3) is 0 Å². The van der Waals surface area contributed by atoms with Crippen LogP contribution in [0.4, 0.5) is 4.79 Å². The minimum absolute atomic E-state index is 0.0328. The van der Waals surface area contributed by atoms with E-state index in [2.05, 4.69) is 0 Å². The summed E-state index contributed by atoms with van der Waals surface area (Å²) in [4.78, 5) is 13.1. The van der Waals surface area contributed by atoms with Crippen molar-refractivity contribution in [2.45, 2.75) is 62.6 Å². The van der Waals surface area contributed by atoms with E-state index in [1.165, 1.54) is 19.3 Å². The summed E-state index contributed by atoms with van der Waals surface area (Å²) < 4.78 is 6.27. The van der Waals surface area contributed by atoms with Gasteiger partial charge in [0.25, 0.3) is 0 Å². The lowest BCUT2D eigenvalue weighted by Gasteiger charge is -2.60. The van der Waals surface area contributed by atoms with Gasteiger partial charge in [0.15, 0.2) is 0 Å². The first kappa shape index (κ1) is 11.1. The fraction of sp³-hybridized carbons (Fsp3) is 0.929. The number of carbonyl (C=O) groups is 1. The van der Waals surface area contributed by atoms with Gasteiger partial charge in [0, 0.05) is 12.1 Å². The first-order valence-electron chi connectivity index (χ1n) is 7.30. The largest absolute Gasteiger partial charge is 0.465 e. The quantitative estimate of drug-likeness (QED) is 0.838. The fourth-order valence-corrected chi connectivity index (χ4v) is 4.62. The van der Waals surface area contributed by atoms with Gasteiger partial charge >= 0.3 is 6.09 Å². The zero-order valence-corrected chi connectivity index (χ0v) is 10.7. The summed E-state index contributed by atoms with van der Waals surface area (Å²) in [7, 11) is 0. The topological polar surface area (TPSA) is 49.8 Å². The summed E-state index contributed by atoms with van der Waals surface area (Å²) >= 11 is 0. The van der Waals surface area contributed by atoms with Crippen molar-refractivity contribution in [1.82, 2.24) is 4.90 Å². The van der Waals surface area contributed by atoms with Gasteiger partial charge in [-0.05, 0) is 56.8 Å². The Balaban J connectivity index is 1.52. The van der Waals surface area contributed by atoms with Crippen LogP contribution in [0.3, 0.4) is 0 Å². The van der Waals surface area contributed by atoms with Gasteiger partial charge in [0.1, 0.15) is 0 Å². The Morgan fingerprint density at radius 1 is 1.22 bits per heavy atom. The standard InChI is InChI=1S/C14H21NO3/c16-13(17)15-11-3-10-4-12(15)7-14(5-10,6-11)18-8-9-1-2-9/h9-12H,1-8H2,(H,16,17). The van der Waals surface area contributed by atoms with E-state index in [1.807, 2.05) is 0 Å². The molecule has 3 aliphatic carbocycles. The zero-order valence-electron chi connectivity index (χ0n) is 10.7. The number of ether oxygens (including phenoxy) is 1. The second kappa shape index (κ2) is 3.62. The predicted molar refractivity (Wildman–Crippen MR) is 65.4 cm³/mol. The van der Waals surface area contributed by atoms with E-state index in [0.717, 1.165) is 38.2 Å².